The highest BCUT2D eigenvalue weighted by molar-refractivity contribution is 6.04. The van der Waals surface area contributed by atoms with Gasteiger partial charge in [0.25, 0.3) is 5.91 Å². The molecule has 0 unspecified atom stereocenters. The first-order valence-electron chi connectivity index (χ1n) is 8.82. The van der Waals surface area contributed by atoms with Crippen LogP contribution >= 0.6 is 0 Å². The molecule has 0 radical (unpaired) electrons. The average molecular weight is 354 g/mol. The minimum absolute atomic E-state index is 0.0672. The van der Waals surface area contributed by atoms with Crippen LogP contribution < -0.4 is 10.2 Å². The standard InChI is InChI=1S/C21H26N2O3/c1-4-20(25)23(3)18-13-9-8-12-17(18)21(26)22-15(2)19(24)14-16-10-6-5-7-11-16/h5-13,15,19,24H,4,14H2,1-3H3,(H,22,26)/t15-,19-/m0/s1. The zero-order valence-electron chi connectivity index (χ0n) is 15.5. The molecule has 0 saturated heterocycles. The first-order chi connectivity index (χ1) is 12.4. The molecule has 2 aromatic carbocycles. The van der Waals surface area contributed by atoms with Crippen molar-refractivity contribution in [1.82, 2.24) is 5.32 Å². The number of hydrogen-bond acceptors (Lipinski definition) is 3. The van der Waals surface area contributed by atoms with Crippen LogP contribution in [0.15, 0.2) is 54.6 Å². The maximum Gasteiger partial charge on any atom is 0.253 e. The summed E-state index contributed by atoms with van der Waals surface area (Å²) in [6.45, 7) is 3.55. The molecule has 2 amide bonds. The van der Waals surface area contributed by atoms with E-state index in [0.717, 1.165) is 5.56 Å². The number of aliphatic hydroxyl groups is 1. The molecule has 0 aromatic heterocycles. The van der Waals surface area contributed by atoms with Crippen molar-refractivity contribution < 1.29 is 14.7 Å². The van der Waals surface area contributed by atoms with Crippen molar-refractivity contribution in [3.63, 3.8) is 0 Å². The third-order valence-electron chi connectivity index (χ3n) is 4.41. The van der Waals surface area contributed by atoms with Crippen LogP contribution in [0, 0.1) is 0 Å². The van der Waals surface area contributed by atoms with Crippen LogP contribution in [-0.2, 0) is 11.2 Å². The highest BCUT2D eigenvalue weighted by Crippen LogP contribution is 2.20. The average Bonchev–Trinajstić information content (AvgIpc) is 2.67. The SMILES string of the molecule is CCC(=O)N(C)c1ccccc1C(=O)N[C@@H](C)[C@@H](O)Cc1ccccc1. The Kier molecular flexibility index (Phi) is 6.92. The molecule has 26 heavy (non-hydrogen) atoms. The number of carbonyl (C=O) groups is 2. The van der Waals surface area contributed by atoms with Crippen molar-refractivity contribution in [1.29, 1.82) is 0 Å². The molecule has 2 aromatic rings. The third kappa shape index (κ3) is 4.92. The van der Waals surface area contributed by atoms with E-state index in [1.165, 1.54) is 4.90 Å². The van der Waals surface area contributed by atoms with Crippen LogP contribution in [0.2, 0.25) is 0 Å². The second-order valence-corrected chi connectivity index (χ2v) is 6.34. The van der Waals surface area contributed by atoms with E-state index in [4.69, 9.17) is 0 Å². The van der Waals surface area contributed by atoms with E-state index in [0.29, 0.717) is 24.1 Å². The summed E-state index contributed by atoms with van der Waals surface area (Å²) in [5.74, 6) is -0.377. The Morgan fingerprint density at radius 1 is 1.08 bits per heavy atom. The molecule has 0 spiro atoms. The Balaban J connectivity index is 2.08. The molecule has 0 aliphatic carbocycles. The summed E-state index contributed by atoms with van der Waals surface area (Å²) in [6.07, 6.45) is 0.111. The van der Waals surface area contributed by atoms with Crippen molar-refractivity contribution in [2.45, 2.75) is 38.8 Å². The van der Waals surface area contributed by atoms with Gasteiger partial charge in [0.05, 0.1) is 23.4 Å². The van der Waals surface area contributed by atoms with Crippen molar-refractivity contribution in [2.24, 2.45) is 0 Å². The summed E-state index contributed by atoms with van der Waals surface area (Å²) in [5, 5.41) is 13.2. The molecule has 0 fully saturated rings. The smallest absolute Gasteiger partial charge is 0.253 e. The largest absolute Gasteiger partial charge is 0.391 e. The minimum Gasteiger partial charge on any atom is -0.391 e. The minimum atomic E-state index is -0.705. The monoisotopic (exact) mass is 354 g/mol. The molecule has 0 bridgehead atoms. The van der Waals surface area contributed by atoms with Crippen LogP contribution in [0.3, 0.4) is 0 Å². The topological polar surface area (TPSA) is 69.6 Å². The first kappa shape index (κ1) is 19.7. The van der Waals surface area contributed by atoms with Gasteiger partial charge in [0.1, 0.15) is 0 Å². The highest BCUT2D eigenvalue weighted by atomic mass is 16.3. The molecule has 2 atom stereocenters. The van der Waals surface area contributed by atoms with Gasteiger partial charge >= 0.3 is 0 Å². The lowest BCUT2D eigenvalue weighted by Crippen LogP contribution is -2.42. The Hall–Kier alpha value is -2.66. The molecule has 0 aliphatic rings. The maximum absolute atomic E-state index is 12.7. The van der Waals surface area contributed by atoms with Crippen molar-refractivity contribution in [3.05, 3.63) is 65.7 Å². The molecule has 5 heteroatoms. The van der Waals surface area contributed by atoms with Crippen molar-refractivity contribution in [3.8, 4) is 0 Å². The molecular weight excluding hydrogens is 328 g/mol. The van der Waals surface area contributed by atoms with E-state index in [2.05, 4.69) is 5.32 Å². The Bertz CT molecular complexity index is 746. The van der Waals surface area contributed by atoms with Crippen LogP contribution in [0.25, 0.3) is 0 Å². The summed E-state index contributed by atoms with van der Waals surface area (Å²) in [6, 6.07) is 16.2. The number of nitrogens with one attached hydrogen (secondary N) is 1. The first-order valence-corrected chi connectivity index (χ1v) is 8.82. The number of para-hydroxylation sites is 1. The molecule has 138 valence electrons. The van der Waals surface area contributed by atoms with E-state index < -0.39 is 12.1 Å². The lowest BCUT2D eigenvalue weighted by Gasteiger charge is -2.23. The van der Waals surface area contributed by atoms with E-state index in [1.54, 1.807) is 45.2 Å². The number of aliphatic hydroxyl groups excluding tert-OH is 1. The van der Waals surface area contributed by atoms with Crippen molar-refractivity contribution in [2.75, 3.05) is 11.9 Å². The maximum atomic E-state index is 12.7. The van der Waals surface area contributed by atoms with Gasteiger partial charge in [-0.05, 0) is 24.6 Å². The fourth-order valence-corrected chi connectivity index (χ4v) is 2.74. The number of nitrogens with zero attached hydrogens (tertiary/aromatic N) is 1. The predicted octanol–water partition coefficient (Wildman–Crippen LogP) is 2.78. The Labute approximate surface area is 154 Å². The van der Waals surface area contributed by atoms with Crippen LogP contribution in [0.4, 0.5) is 5.69 Å². The zero-order valence-corrected chi connectivity index (χ0v) is 15.5. The molecular formula is C21H26N2O3. The summed E-state index contributed by atoms with van der Waals surface area (Å²) < 4.78 is 0. The predicted molar refractivity (Wildman–Crippen MR) is 103 cm³/mol. The fraction of sp³-hybridized carbons (Fsp3) is 0.333. The highest BCUT2D eigenvalue weighted by Gasteiger charge is 2.21. The van der Waals surface area contributed by atoms with Gasteiger partial charge in [-0.25, -0.2) is 0 Å². The van der Waals surface area contributed by atoms with Gasteiger partial charge < -0.3 is 15.3 Å². The zero-order chi connectivity index (χ0) is 19.1. The summed E-state index contributed by atoms with van der Waals surface area (Å²) >= 11 is 0. The molecule has 2 rings (SSSR count). The molecule has 2 N–H and O–H groups in total. The second kappa shape index (κ2) is 9.15. The van der Waals surface area contributed by atoms with E-state index >= 15 is 0 Å². The molecule has 0 saturated carbocycles. The van der Waals surface area contributed by atoms with E-state index in [9.17, 15) is 14.7 Å². The molecule has 0 aliphatic heterocycles. The lowest BCUT2D eigenvalue weighted by molar-refractivity contribution is -0.118. The normalized spacial score (nSPS) is 12.9. The van der Waals surface area contributed by atoms with Crippen molar-refractivity contribution >= 4 is 17.5 Å². The van der Waals surface area contributed by atoms with Gasteiger partial charge in [0.2, 0.25) is 5.91 Å². The summed E-state index contributed by atoms with van der Waals surface area (Å²) in [7, 11) is 1.66. The van der Waals surface area contributed by atoms with E-state index in [-0.39, 0.29) is 11.8 Å². The number of carbonyl (C=O) groups excluding carboxylic acids is 2. The van der Waals surface area contributed by atoms with Crippen LogP contribution in [0.5, 0.6) is 0 Å². The third-order valence-corrected chi connectivity index (χ3v) is 4.41. The van der Waals surface area contributed by atoms with Gasteiger partial charge in [-0.15, -0.1) is 0 Å². The summed E-state index contributed by atoms with van der Waals surface area (Å²) in [5.41, 5.74) is 1.98. The second-order valence-electron chi connectivity index (χ2n) is 6.34. The molecule has 0 heterocycles. The Morgan fingerprint density at radius 2 is 1.69 bits per heavy atom. The van der Waals surface area contributed by atoms with Gasteiger partial charge in [-0.3, -0.25) is 9.59 Å². The number of rotatable bonds is 7. The number of hydrogen-bond donors (Lipinski definition) is 2. The van der Waals surface area contributed by atoms with Gasteiger partial charge in [0, 0.05) is 19.9 Å². The quantitative estimate of drug-likeness (QED) is 0.803. The van der Waals surface area contributed by atoms with Gasteiger partial charge in [0.15, 0.2) is 0 Å². The van der Waals surface area contributed by atoms with Gasteiger partial charge in [-0.1, -0.05) is 49.4 Å². The molecule has 5 nitrogen and oxygen atoms in total. The van der Waals surface area contributed by atoms with Gasteiger partial charge in [-0.2, -0.15) is 0 Å². The fourth-order valence-electron chi connectivity index (χ4n) is 2.74. The number of benzene rings is 2. The van der Waals surface area contributed by atoms with Crippen LogP contribution in [-0.4, -0.2) is 36.1 Å². The lowest BCUT2D eigenvalue weighted by atomic mass is 10.0. The number of amides is 2. The number of anilines is 1. The van der Waals surface area contributed by atoms with Crippen LogP contribution in [0.1, 0.15) is 36.2 Å². The van der Waals surface area contributed by atoms with E-state index in [1.807, 2.05) is 30.3 Å². The summed E-state index contributed by atoms with van der Waals surface area (Å²) in [4.78, 5) is 26.1. The Morgan fingerprint density at radius 3 is 2.35 bits per heavy atom.